The summed E-state index contributed by atoms with van der Waals surface area (Å²) >= 11 is 5.73. The van der Waals surface area contributed by atoms with Gasteiger partial charge in [-0.1, -0.05) is 0 Å². The summed E-state index contributed by atoms with van der Waals surface area (Å²) in [4.78, 5) is 8.50. The molecule has 1 aromatic rings. The molecule has 18 heavy (non-hydrogen) atoms. The van der Waals surface area contributed by atoms with Crippen molar-refractivity contribution < 1.29 is 4.39 Å². The van der Waals surface area contributed by atoms with Crippen LogP contribution in [0.3, 0.4) is 0 Å². The third-order valence-electron chi connectivity index (χ3n) is 3.75. The van der Waals surface area contributed by atoms with Crippen molar-refractivity contribution in [3.05, 3.63) is 23.6 Å². The number of halogens is 2. The Balaban J connectivity index is 2.27. The number of aromatic nitrogens is 1. The first-order valence-corrected chi connectivity index (χ1v) is 6.74. The fourth-order valence-corrected chi connectivity index (χ4v) is 2.58. The van der Waals surface area contributed by atoms with E-state index in [0.717, 1.165) is 13.1 Å². The Morgan fingerprint density at radius 3 is 2.56 bits per heavy atom. The molecule has 2 rings (SSSR count). The molecular weight excluding hydrogens is 253 g/mol. The second kappa shape index (κ2) is 5.41. The molecule has 1 saturated heterocycles. The maximum absolute atomic E-state index is 14.2. The molecule has 0 aliphatic carbocycles. The maximum Gasteiger partial charge on any atom is 0.170 e. The molecular formula is C13H19ClFN3. The van der Waals surface area contributed by atoms with Crippen LogP contribution in [0.2, 0.25) is 0 Å². The van der Waals surface area contributed by atoms with Gasteiger partial charge in [-0.3, -0.25) is 4.90 Å². The van der Waals surface area contributed by atoms with Gasteiger partial charge in [0.1, 0.15) is 0 Å². The number of hydrogen-bond acceptors (Lipinski definition) is 3. The van der Waals surface area contributed by atoms with Crippen LogP contribution in [-0.4, -0.2) is 42.1 Å². The van der Waals surface area contributed by atoms with Crippen molar-refractivity contribution in [1.82, 2.24) is 9.88 Å². The van der Waals surface area contributed by atoms with Crippen LogP contribution in [0.1, 0.15) is 19.4 Å². The predicted molar refractivity (Wildman–Crippen MR) is 72.7 cm³/mol. The van der Waals surface area contributed by atoms with E-state index in [4.69, 9.17) is 11.6 Å². The van der Waals surface area contributed by atoms with Gasteiger partial charge < -0.3 is 4.90 Å². The fraction of sp³-hybridized carbons (Fsp3) is 0.615. The van der Waals surface area contributed by atoms with Gasteiger partial charge >= 0.3 is 0 Å². The van der Waals surface area contributed by atoms with E-state index in [9.17, 15) is 4.39 Å². The number of anilines is 1. The number of rotatable bonds is 2. The highest BCUT2D eigenvalue weighted by atomic mass is 35.5. The summed E-state index contributed by atoms with van der Waals surface area (Å²) in [6, 6.07) is 2.40. The lowest BCUT2D eigenvalue weighted by Crippen LogP contribution is -2.55. The first-order chi connectivity index (χ1) is 8.54. The third-order valence-corrected chi connectivity index (χ3v) is 4.04. The summed E-state index contributed by atoms with van der Waals surface area (Å²) in [5.74, 6) is 0.330. The largest absolute Gasteiger partial charge is 0.351 e. The van der Waals surface area contributed by atoms with Crippen LogP contribution in [0.5, 0.6) is 0 Å². The van der Waals surface area contributed by atoms with Gasteiger partial charge in [0.25, 0.3) is 0 Å². The van der Waals surface area contributed by atoms with Gasteiger partial charge in [0, 0.05) is 36.9 Å². The monoisotopic (exact) mass is 271 g/mol. The van der Waals surface area contributed by atoms with Crippen LogP contribution in [0.15, 0.2) is 12.3 Å². The van der Waals surface area contributed by atoms with Gasteiger partial charge in [0.15, 0.2) is 11.6 Å². The summed E-state index contributed by atoms with van der Waals surface area (Å²) in [6.45, 7) is 5.87. The molecule has 1 aliphatic heterocycles. The summed E-state index contributed by atoms with van der Waals surface area (Å²) in [6.07, 6.45) is 1.63. The zero-order chi connectivity index (χ0) is 13.3. The topological polar surface area (TPSA) is 19.4 Å². The second-order valence-electron chi connectivity index (χ2n) is 5.01. The average Bonchev–Trinajstić information content (AvgIpc) is 2.35. The van der Waals surface area contributed by atoms with Gasteiger partial charge in [-0.25, -0.2) is 9.37 Å². The van der Waals surface area contributed by atoms with E-state index in [1.54, 1.807) is 12.3 Å². The van der Waals surface area contributed by atoms with Crippen LogP contribution < -0.4 is 4.90 Å². The van der Waals surface area contributed by atoms with E-state index in [2.05, 4.69) is 30.8 Å². The van der Waals surface area contributed by atoms with Crippen LogP contribution >= 0.6 is 11.6 Å². The predicted octanol–water partition coefficient (Wildman–Crippen LogP) is 2.49. The van der Waals surface area contributed by atoms with Crippen LogP contribution in [0.4, 0.5) is 10.2 Å². The number of pyridine rings is 1. The van der Waals surface area contributed by atoms with Gasteiger partial charge in [-0.2, -0.15) is 0 Å². The Kier molecular flexibility index (Phi) is 4.07. The van der Waals surface area contributed by atoms with Gasteiger partial charge in [-0.05, 0) is 27.0 Å². The molecule has 0 aromatic carbocycles. The van der Waals surface area contributed by atoms with E-state index >= 15 is 0 Å². The van der Waals surface area contributed by atoms with E-state index in [1.165, 1.54) is 0 Å². The molecule has 0 saturated carbocycles. The molecule has 1 aromatic heterocycles. The van der Waals surface area contributed by atoms with Gasteiger partial charge in [-0.15, -0.1) is 11.6 Å². The lowest BCUT2D eigenvalue weighted by atomic mass is 10.1. The Morgan fingerprint density at radius 1 is 1.39 bits per heavy atom. The summed E-state index contributed by atoms with van der Waals surface area (Å²) in [7, 11) is 2.10. The SMILES string of the molecule is CC1CN(c2nccc(CCl)c2F)CC(C)N1C. The van der Waals surface area contributed by atoms with Crippen LogP contribution in [-0.2, 0) is 5.88 Å². The van der Waals surface area contributed by atoms with E-state index in [0.29, 0.717) is 23.5 Å². The van der Waals surface area contributed by atoms with E-state index < -0.39 is 0 Å². The highest BCUT2D eigenvalue weighted by molar-refractivity contribution is 6.17. The summed E-state index contributed by atoms with van der Waals surface area (Å²) < 4.78 is 14.2. The standard InChI is InChI=1S/C13H19ClFN3/c1-9-7-18(8-10(2)17(9)3)13-12(15)11(6-14)4-5-16-13/h4-5,9-10H,6-8H2,1-3H3. The minimum absolute atomic E-state index is 0.181. The molecule has 2 unspecified atom stereocenters. The zero-order valence-corrected chi connectivity index (χ0v) is 11.8. The van der Waals surface area contributed by atoms with Crippen molar-refractivity contribution in [1.29, 1.82) is 0 Å². The lowest BCUT2D eigenvalue weighted by molar-refractivity contribution is 0.169. The molecule has 0 radical (unpaired) electrons. The Morgan fingerprint density at radius 2 is 2.00 bits per heavy atom. The number of nitrogens with zero attached hydrogens (tertiary/aromatic N) is 3. The fourth-order valence-electron chi connectivity index (χ4n) is 2.37. The van der Waals surface area contributed by atoms with Gasteiger partial charge in [0.2, 0.25) is 0 Å². The molecule has 3 nitrogen and oxygen atoms in total. The molecule has 0 amide bonds. The number of alkyl halides is 1. The molecule has 5 heteroatoms. The van der Waals surface area contributed by atoms with Crippen molar-refractivity contribution in [2.45, 2.75) is 31.8 Å². The third kappa shape index (κ3) is 2.45. The molecule has 2 atom stereocenters. The molecule has 0 N–H and O–H groups in total. The van der Waals surface area contributed by atoms with Crippen molar-refractivity contribution in [3.8, 4) is 0 Å². The highest BCUT2D eigenvalue weighted by Gasteiger charge is 2.29. The minimum atomic E-state index is -0.281. The molecule has 0 spiro atoms. The quantitative estimate of drug-likeness (QED) is 0.771. The summed E-state index contributed by atoms with van der Waals surface area (Å²) in [5, 5.41) is 0. The first kappa shape index (κ1) is 13.6. The second-order valence-corrected chi connectivity index (χ2v) is 5.28. The first-order valence-electron chi connectivity index (χ1n) is 6.20. The number of likely N-dealkylation sites (N-methyl/N-ethyl adjacent to an activating group) is 1. The molecule has 0 bridgehead atoms. The molecule has 100 valence electrons. The maximum atomic E-state index is 14.2. The molecule has 1 fully saturated rings. The molecule has 1 aliphatic rings. The Labute approximate surface area is 113 Å². The molecule has 2 heterocycles. The van der Waals surface area contributed by atoms with Crippen molar-refractivity contribution in [2.75, 3.05) is 25.0 Å². The van der Waals surface area contributed by atoms with Gasteiger partial charge in [0.05, 0.1) is 5.88 Å². The summed E-state index contributed by atoms with van der Waals surface area (Å²) in [5.41, 5.74) is 0.515. The lowest BCUT2D eigenvalue weighted by Gasteiger charge is -2.43. The number of piperazine rings is 1. The Hall–Kier alpha value is -0.870. The van der Waals surface area contributed by atoms with Crippen molar-refractivity contribution in [3.63, 3.8) is 0 Å². The average molecular weight is 272 g/mol. The van der Waals surface area contributed by atoms with E-state index in [1.807, 2.05) is 4.90 Å². The highest BCUT2D eigenvalue weighted by Crippen LogP contribution is 2.24. The van der Waals surface area contributed by atoms with Crippen LogP contribution in [0.25, 0.3) is 0 Å². The van der Waals surface area contributed by atoms with E-state index in [-0.39, 0.29) is 11.7 Å². The minimum Gasteiger partial charge on any atom is -0.351 e. The van der Waals surface area contributed by atoms with Crippen molar-refractivity contribution in [2.24, 2.45) is 0 Å². The van der Waals surface area contributed by atoms with Crippen LogP contribution in [0, 0.1) is 5.82 Å². The van der Waals surface area contributed by atoms with Crippen molar-refractivity contribution >= 4 is 17.4 Å². The Bertz CT molecular complexity index is 415. The smallest absolute Gasteiger partial charge is 0.170 e. The number of hydrogen-bond donors (Lipinski definition) is 0. The normalized spacial score (nSPS) is 25.5. The zero-order valence-electron chi connectivity index (χ0n) is 11.0.